The van der Waals surface area contributed by atoms with Gasteiger partial charge in [0.1, 0.15) is 0 Å². The maximum absolute atomic E-state index is 5.22. The molecule has 0 radical (unpaired) electrons. The molecule has 0 atom stereocenters. The van der Waals surface area contributed by atoms with Crippen molar-refractivity contribution in [1.82, 2.24) is 24.9 Å². The van der Waals surface area contributed by atoms with E-state index in [0.717, 1.165) is 78.7 Å². The van der Waals surface area contributed by atoms with Gasteiger partial charge in [0.2, 0.25) is 0 Å². The summed E-state index contributed by atoms with van der Waals surface area (Å²) in [6.45, 7) is 0. The van der Waals surface area contributed by atoms with Crippen molar-refractivity contribution in [2.24, 2.45) is 0 Å². The predicted octanol–water partition coefficient (Wildman–Crippen LogP) is 12.0. The molecule has 0 bridgehead atoms. The van der Waals surface area contributed by atoms with Gasteiger partial charge in [-0.1, -0.05) is 146 Å². The van der Waals surface area contributed by atoms with E-state index in [2.05, 4.69) is 138 Å². The second-order valence-electron chi connectivity index (χ2n) is 13.0. The number of hydrogen-bond donors (Lipinski definition) is 0. The van der Waals surface area contributed by atoms with Crippen molar-refractivity contribution < 1.29 is 0 Å². The standard InChI is InChI=1S/C49H33N5/c1-4-13-34(14-5-1)37-21-25-39(26-22-37)44-33-45(54-49(53-44)40-27-23-38(24-28-40)35-15-6-2-7-16-35)42-19-12-30-51-48(42)47-32-41(36-17-8-3-9-18-36)31-46(52-47)43-20-10-11-29-50-43/h1-33H. The predicted molar refractivity (Wildman–Crippen MR) is 219 cm³/mol. The normalized spacial score (nSPS) is 11.0. The van der Waals surface area contributed by atoms with Crippen molar-refractivity contribution in [2.45, 2.75) is 0 Å². The van der Waals surface area contributed by atoms with E-state index in [4.69, 9.17) is 19.9 Å². The Morgan fingerprint density at radius 3 is 1.37 bits per heavy atom. The highest BCUT2D eigenvalue weighted by molar-refractivity contribution is 5.84. The van der Waals surface area contributed by atoms with Crippen LogP contribution >= 0.6 is 0 Å². The summed E-state index contributed by atoms with van der Waals surface area (Å²) < 4.78 is 0. The van der Waals surface area contributed by atoms with Crippen molar-refractivity contribution in [3.05, 3.63) is 200 Å². The van der Waals surface area contributed by atoms with Gasteiger partial charge in [-0.25, -0.2) is 15.0 Å². The molecular weight excluding hydrogens is 659 g/mol. The van der Waals surface area contributed by atoms with Crippen LogP contribution in [0.5, 0.6) is 0 Å². The van der Waals surface area contributed by atoms with Gasteiger partial charge in [0.05, 0.1) is 34.2 Å². The van der Waals surface area contributed by atoms with Crippen LogP contribution in [0, 0.1) is 0 Å². The highest BCUT2D eigenvalue weighted by Crippen LogP contribution is 2.36. The molecule has 0 saturated carbocycles. The third-order valence-electron chi connectivity index (χ3n) is 9.45. The van der Waals surface area contributed by atoms with Crippen LogP contribution in [-0.4, -0.2) is 24.9 Å². The fraction of sp³-hybridized carbons (Fsp3) is 0. The number of nitrogens with zero attached hydrogens (tertiary/aromatic N) is 5. The molecule has 5 aromatic carbocycles. The molecule has 0 amide bonds. The smallest absolute Gasteiger partial charge is 0.160 e. The van der Waals surface area contributed by atoms with Crippen LogP contribution in [0.1, 0.15) is 0 Å². The first-order valence-corrected chi connectivity index (χ1v) is 17.9. The van der Waals surface area contributed by atoms with Crippen LogP contribution in [0.15, 0.2) is 200 Å². The Hall–Kier alpha value is -7.37. The zero-order chi connectivity index (χ0) is 36.1. The minimum absolute atomic E-state index is 0.629. The van der Waals surface area contributed by atoms with Crippen molar-refractivity contribution in [2.75, 3.05) is 0 Å². The van der Waals surface area contributed by atoms with Crippen LogP contribution in [0.3, 0.4) is 0 Å². The first kappa shape index (κ1) is 32.5. The first-order valence-electron chi connectivity index (χ1n) is 17.9. The lowest BCUT2D eigenvalue weighted by molar-refractivity contribution is 1.17. The molecule has 0 spiro atoms. The van der Waals surface area contributed by atoms with Crippen LogP contribution < -0.4 is 0 Å². The SMILES string of the molecule is c1ccc(-c2ccc(-c3cc(-c4cccnc4-c4cc(-c5ccccc5)cc(-c5ccccn5)n4)nc(-c4ccc(-c5ccccc5)cc4)n3)cc2)cc1. The molecule has 5 nitrogen and oxygen atoms in total. The summed E-state index contributed by atoms with van der Waals surface area (Å²) in [5.74, 6) is 0.629. The van der Waals surface area contributed by atoms with Crippen LogP contribution in [0.25, 0.3) is 90.1 Å². The van der Waals surface area contributed by atoms with Gasteiger partial charge >= 0.3 is 0 Å². The van der Waals surface area contributed by atoms with Gasteiger partial charge in [-0.05, 0) is 75.8 Å². The van der Waals surface area contributed by atoms with Gasteiger partial charge in [0, 0.05) is 29.1 Å². The molecular formula is C49H33N5. The highest BCUT2D eigenvalue weighted by Gasteiger charge is 2.18. The lowest BCUT2D eigenvalue weighted by Gasteiger charge is -2.14. The third-order valence-corrected chi connectivity index (χ3v) is 9.45. The van der Waals surface area contributed by atoms with Crippen molar-refractivity contribution in [3.63, 3.8) is 0 Å². The third kappa shape index (κ3) is 6.82. The molecule has 9 rings (SSSR count). The van der Waals surface area contributed by atoms with E-state index in [0.29, 0.717) is 5.82 Å². The molecule has 4 heterocycles. The average molecular weight is 692 g/mol. The lowest BCUT2D eigenvalue weighted by atomic mass is 9.99. The average Bonchev–Trinajstić information content (AvgIpc) is 3.27. The Labute approximate surface area is 314 Å². The topological polar surface area (TPSA) is 64.5 Å². The number of hydrogen-bond acceptors (Lipinski definition) is 5. The van der Waals surface area contributed by atoms with Gasteiger partial charge in [-0.3, -0.25) is 9.97 Å². The molecule has 0 aliphatic heterocycles. The Morgan fingerprint density at radius 1 is 0.259 bits per heavy atom. The summed E-state index contributed by atoms with van der Waals surface area (Å²) >= 11 is 0. The molecule has 9 aromatic rings. The molecule has 4 aromatic heterocycles. The van der Waals surface area contributed by atoms with E-state index in [-0.39, 0.29) is 0 Å². The second-order valence-corrected chi connectivity index (χ2v) is 13.0. The molecule has 0 aliphatic carbocycles. The van der Waals surface area contributed by atoms with Crippen molar-refractivity contribution in [1.29, 1.82) is 0 Å². The Bertz CT molecular complexity index is 2500. The van der Waals surface area contributed by atoms with Crippen LogP contribution in [0.2, 0.25) is 0 Å². The molecule has 54 heavy (non-hydrogen) atoms. The summed E-state index contributed by atoms with van der Waals surface area (Å²) in [6, 6.07) is 64.2. The Balaban J connectivity index is 1.20. The summed E-state index contributed by atoms with van der Waals surface area (Å²) in [5.41, 5.74) is 14.1. The van der Waals surface area contributed by atoms with E-state index in [1.165, 1.54) is 5.56 Å². The van der Waals surface area contributed by atoms with Gasteiger partial charge in [-0.2, -0.15) is 0 Å². The zero-order valence-corrected chi connectivity index (χ0v) is 29.3. The van der Waals surface area contributed by atoms with Crippen LogP contribution in [0.4, 0.5) is 0 Å². The minimum atomic E-state index is 0.629. The summed E-state index contributed by atoms with van der Waals surface area (Å²) in [7, 11) is 0. The van der Waals surface area contributed by atoms with E-state index < -0.39 is 0 Å². The second kappa shape index (κ2) is 14.7. The van der Waals surface area contributed by atoms with Crippen LogP contribution in [-0.2, 0) is 0 Å². The fourth-order valence-electron chi connectivity index (χ4n) is 6.68. The van der Waals surface area contributed by atoms with E-state index in [1.54, 1.807) is 6.20 Å². The van der Waals surface area contributed by atoms with Crippen molar-refractivity contribution in [3.8, 4) is 90.1 Å². The quantitative estimate of drug-likeness (QED) is 0.159. The molecule has 0 saturated heterocycles. The number of aromatic nitrogens is 5. The molecule has 0 N–H and O–H groups in total. The number of benzene rings is 5. The largest absolute Gasteiger partial charge is 0.255 e. The molecule has 0 aliphatic rings. The van der Waals surface area contributed by atoms with Gasteiger partial charge in [0.15, 0.2) is 5.82 Å². The molecule has 5 heteroatoms. The summed E-state index contributed by atoms with van der Waals surface area (Å²) in [6.07, 6.45) is 3.60. The molecule has 0 fully saturated rings. The van der Waals surface area contributed by atoms with Crippen molar-refractivity contribution >= 4 is 0 Å². The first-order chi connectivity index (χ1) is 26.7. The Kier molecular flexibility index (Phi) is 8.86. The Morgan fingerprint density at radius 2 is 0.759 bits per heavy atom. The fourth-order valence-corrected chi connectivity index (χ4v) is 6.68. The van der Waals surface area contributed by atoms with Gasteiger partial charge < -0.3 is 0 Å². The minimum Gasteiger partial charge on any atom is -0.255 e. The van der Waals surface area contributed by atoms with E-state index in [1.807, 2.05) is 60.8 Å². The summed E-state index contributed by atoms with van der Waals surface area (Å²) in [4.78, 5) is 25.1. The number of rotatable bonds is 8. The number of pyridine rings is 3. The maximum Gasteiger partial charge on any atom is 0.160 e. The highest BCUT2D eigenvalue weighted by atomic mass is 14.9. The molecule has 0 unspecified atom stereocenters. The van der Waals surface area contributed by atoms with E-state index >= 15 is 0 Å². The van der Waals surface area contributed by atoms with Gasteiger partial charge in [-0.15, -0.1) is 0 Å². The maximum atomic E-state index is 5.22. The monoisotopic (exact) mass is 691 g/mol. The van der Waals surface area contributed by atoms with E-state index in [9.17, 15) is 0 Å². The van der Waals surface area contributed by atoms with Gasteiger partial charge in [0.25, 0.3) is 0 Å². The molecule has 254 valence electrons. The zero-order valence-electron chi connectivity index (χ0n) is 29.3. The summed E-state index contributed by atoms with van der Waals surface area (Å²) in [5, 5.41) is 0. The lowest BCUT2D eigenvalue weighted by Crippen LogP contribution is -1.99.